The Bertz CT molecular complexity index is 581. The largest absolute Gasteiger partial charge is 0.338 e. The van der Waals surface area contributed by atoms with Gasteiger partial charge in [-0.1, -0.05) is 12.1 Å². The molecule has 3 heteroatoms. The number of likely N-dealkylation sites (tertiary alicyclic amines) is 1. The average Bonchev–Trinajstić information content (AvgIpc) is 3.01. The fraction of sp³-hybridized carbons (Fsp3) is 0.529. The van der Waals surface area contributed by atoms with Gasteiger partial charge in [-0.2, -0.15) is 0 Å². The normalized spacial score (nSPS) is 27.8. The fourth-order valence-corrected chi connectivity index (χ4v) is 4.24. The van der Waals surface area contributed by atoms with Crippen LogP contribution >= 0.6 is 0 Å². The molecule has 0 unspecified atom stereocenters. The van der Waals surface area contributed by atoms with Crippen LogP contribution in [0.2, 0.25) is 0 Å². The highest BCUT2D eigenvalue weighted by Gasteiger charge is 2.36. The quantitative estimate of drug-likeness (QED) is 0.786. The van der Waals surface area contributed by atoms with Crippen LogP contribution in [0.5, 0.6) is 0 Å². The zero-order valence-corrected chi connectivity index (χ0v) is 11.6. The molecule has 2 aliphatic carbocycles. The summed E-state index contributed by atoms with van der Waals surface area (Å²) in [5.41, 5.74) is 2.53. The first-order valence-corrected chi connectivity index (χ1v) is 7.66. The first-order valence-electron chi connectivity index (χ1n) is 7.66. The molecule has 1 aromatic rings. The van der Waals surface area contributed by atoms with Crippen molar-refractivity contribution in [2.45, 2.75) is 32.1 Å². The summed E-state index contributed by atoms with van der Waals surface area (Å²) in [6, 6.07) is 5.62. The van der Waals surface area contributed by atoms with Crippen molar-refractivity contribution in [1.82, 2.24) is 4.90 Å². The zero-order valence-electron chi connectivity index (χ0n) is 11.6. The molecule has 104 valence electrons. The number of hydrogen-bond donors (Lipinski definition) is 0. The third-order valence-corrected chi connectivity index (χ3v) is 5.20. The standard InChI is InChI=1S/C17H19NO2/c19-16-7-6-13-14(16)2-1-3-15(13)17(20)18-9-11-4-5-12(8-11)10-18/h1-3,11-12H,4-10H2/t11-,12+. The monoisotopic (exact) mass is 269 g/mol. The van der Waals surface area contributed by atoms with E-state index in [1.165, 1.54) is 19.3 Å². The van der Waals surface area contributed by atoms with E-state index in [9.17, 15) is 9.59 Å². The van der Waals surface area contributed by atoms with Gasteiger partial charge < -0.3 is 4.90 Å². The maximum Gasteiger partial charge on any atom is 0.254 e. The Balaban J connectivity index is 1.65. The molecule has 2 fully saturated rings. The summed E-state index contributed by atoms with van der Waals surface area (Å²) in [5, 5.41) is 0. The Morgan fingerprint density at radius 1 is 1.10 bits per heavy atom. The van der Waals surface area contributed by atoms with Gasteiger partial charge in [-0.25, -0.2) is 0 Å². The molecule has 2 bridgehead atoms. The summed E-state index contributed by atoms with van der Waals surface area (Å²) in [4.78, 5) is 26.6. The van der Waals surface area contributed by atoms with Gasteiger partial charge in [-0.15, -0.1) is 0 Å². The van der Waals surface area contributed by atoms with Crippen LogP contribution in [0.3, 0.4) is 0 Å². The van der Waals surface area contributed by atoms with Crippen LogP contribution in [0.15, 0.2) is 18.2 Å². The number of carbonyl (C=O) groups is 2. The number of carbonyl (C=O) groups excluding carboxylic acids is 2. The molecule has 3 nitrogen and oxygen atoms in total. The van der Waals surface area contributed by atoms with Crippen LogP contribution < -0.4 is 0 Å². The Kier molecular flexibility index (Phi) is 2.69. The molecule has 3 aliphatic rings. The summed E-state index contributed by atoms with van der Waals surface area (Å²) < 4.78 is 0. The molecule has 0 aromatic heterocycles. The minimum Gasteiger partial charge on any atom is -0.338 e. The molecule has 4 rings (SSSR count). The average molecular weight is 269 g/mol. The molecule has 0 spiro atoms. The van der Waals surface area contributed by atoms with Crippen molar-refractivity contribution < 1.29 is 9.59 Å². The van der Waals surface area contributed by atoms with Crippen LogP contribution in [-0.2, 0) is 6.42 Å². The summed E-state index contributed by atoms with van der Waals surface area (Å²) >= 11 is 0. The number of amides is 1. The van der Waals surface area contributed by atoms with E-state index in [0.29, 0.717) is 18.3 Å². The Morgan fingerprint density at radius 2 is 1.85 bits per heavy atom. The molecule has 1 saturated carbocycles. The molecule has 2 atom stereocenters. The van der Waals surface area contributed by atoms with E-state index in [2.05, 4.69) is 0 Å². The van der Waals surface area contributed by atoms with E-state index >= 15 is 0 Å². The van der Waals surface area contributed by atoms with Gasteiger partial charge in [-0.3, -0.25) is 9.59 Å². The van der Waals surface area contributed by atoms with Crippen LogP contribution in [-0.4, -0.2) is 29.7 Å². The van der Waals surface area contributed by atoms with Gasteiger partial charge in [0.2, 0.25) is 0 Å². The van der Waals surface area contributed by atoms with Gasteiger partial charge in [-0.05, 0) is 49.1 Å². The van der Waals surface area contributed by atoms with Crippen LogP contribution in [0, 0.1) is 11.8 Å². The molecule has 1 amide bonds. The summed E-state index contributed by atoms with van der Waals surface area (Å²) in [5.74, 6) is 1.74. The summed E-state index contributed by atoms with van der Waals surface area (Å²) in [7, 11) is 0. The van der Waals surface area contributed by atoms with Gasteiger partial charge in [0.1, 0.15) is 0 Å². The van der Waals surface area contributed by atoms with Crippen molar-refractivity contribution >= 4 is 11.7 Å². The number of ketones is 1. The van der Waals surface area contributed by atoms with E-state index in [0.717, 1.165) is 36.2 Å². The van der Waals surface area contributed by atoms with Crippen molar-refractivity contribution in [3.05, 3.63) is 34.9 Å². The Hall–Kier alpha value is -1.64. The lowest BCUT2D eigenvalue weighted by molar-refractivity contribution is 0.0661. The molecular weight excluding hydrogens is 250 g/mol. The second kappa shape index (κ2) is 4.44. The molecule has 1 heterocycles. The third-order valence-electron chi connectivity index (χ3n) is 5.20. The van der Waals surface area contributed by atoms with E-state index in [-0.39, 0.29) is 11.7 Å². The first kappa shape index (κ1) is 12.1. The fourth-order valence-electron chi connectivity index (χ4n) is 4.24. The van der Waals surface area contributed by atoms with Gasteiger partial charge in [0.05, 0.1) is 0 Å². The lowest BCUT2D eigenvalue weighted by Gasteiger charge is -2.32. The SMILES string of the molecule is O=C1CCc2c1cccc2C(=O)N1C[C@@H]2CC[C@@H](C2)C1. The van der Waals surface area contributed by atoms with Gasteiger partial charge in [0.15, 0.2) is 5.78 Å². The van der Waals surface area contributed by atoms with E-state index in [1.807, 2.05) is 23.1 Å². The number of piperidine rings is 1. The predicted octanol–water partition coefficient (Wildman–Crippen LogP) is 2.69. The maximum absolute atomic E-state index is 12.8. The molecule has 20 heavy (non-hydrogen) atoms. The number of Topliss-reactive ketones (excluding diaryl/α,β-unsaturated/α-hetero) is 1. The lowest BCUT2D eigenvalue weighted by Crippen LogP contribution is -2.41. The molecule has 0 N–H and O–H groups in total. The number of nitrogens with zero attached hydrogens (tertiary/aromatic N) is 1. The molecule has 1 aliphatic heterocycles. The smallest absolute Gasteiger partial charge is 0.254 e. The van der Waals surface area contributed by atoms with Crippen molar-refractivity contribution in [1.29, 1.82) is 0 Å². The molecule has 1 aromatic carbocycles. The van der Waals surface area contributed by atoms with Crippen molar-refractivity contribution in [3.8, 4) is 0 Å². The molecule has 0 radical (unpaired) electrons. The van der Waals surface area contributed by atoms with Gasteiger partial charge >= 0.3 is 0 Å². The minimum atomic E-state index is 0.146. The lowest BCUT2D eigenvalue weighted by atomic mass is 9.96. The summed E-state index contributed by atoms with van der Waals surface area (Å²) in [6.07, 6.45) is 5.15. The molecule has 1 saturated heterocycles. The van der Waals surface area contributed by atoms with Crippen molar-refractivity contribution in [2.24, 2.45) is 11.8 Å². The Labute approximate surface area is 119 Å². The highest BCUT2D eigenvalue weighted by atomic mass is 16.2. The van der Waals surface area contributed by atoms with Crippen LogP contribution in [0.1, 0.15) is 52.0 Å². The van der Waals surface area contributed by atoms with E-state index in [4.69, 9.17) is 0 Å². The van der Waals surface area contributed by atoms with Crippen molar-refractivity contribution in [2.75, 3.05) is 13.1 Å². The predicted molar refractivity (Wildman–Crippen MR) is 75.8 cm³/mol. The second-order valence-corrected chi connectivity index (χ2v) is 6.51. The van der Waals surface area contributed by atoms with Crippen LogP contribution in [0.25, 0.3) is 0 Å². The van der Waals surface area contributed by atoms with Crippen LogP contribution in [0.4, 0.5) is 0 Å². The second-order valence-electron chi connectivity index (χ2n) is 6.51. The van der Waals surface area contributed by atoms with Crippen molar-refractivity contribution in [3.63, 3.8) is 0 Å². The van der Waals surface area contributed by atoms with Gasteiger partial charge in [0.25, 0.3) is 5.91 Å². The number of fused-ring (bicyclic) bond motifs is 3. The molecular formula is C17H19NO2. The highest BCUT2D eigenvalue weighted by Crippen LogP contribution is 2.37. The van der Waals surface area contributed by atoms with Gasteiger partial charge in [0, 0.05) is 30.6 Å². The number of hydrogen-bond acceptors (Lipinski definition) is 2. The number of benzene rings is 1. The third kappa shape index (κ3) is 1.80. The van der Waals surface area contributed by atoms with E-state index < -0.39 is 0 Å². The Morgan fingerprint density at radius 3 is 2.60 bits per heavy atom. The maximum atomic E-state index is 12.8. The van der Waals surface area contributed by atoms with E-state index in [1.54, 1.807) is 0 Å². The first-order chi connectivity index (χ1) is 9.72. The zero-order chi connectivity index (χ0) is 13.7. The minimum absolute atomic E-state index is 0.146. The highest BCUT2D eigenvalue weighted by molar-refractivity contribution is 6.05. The summed E-state index contributed by atoms with van der Waals surface area (Å²) in [6.45, 7) is 1.82. The topological polar surface area (TPSA) is 37.4 Å². The number of rotatable bonds is 1.